The molecule has 0 unspecified atom stereocenters. The van der Waals surface area contributed by atoms with Gasteiger partial charge >= 0.3 is 0 Å². The van der Waals surface area contributed by atoms with Gasteiger partial charge < -0.3 is 5.11 Å². The Balaban J connectivity index is 2.75. The molecule has 0 spiro atoms. The zero-order chi connectivity index (χ0) is 11.9. The average Bonchev–Trinajstić information content (AvgIpc) is 2.15. The summed E-state index contributed by atoms with van der Waals surface area (Å²) in [7, 11) is 0. The molecule has 1 aromatic carbocycles. The van der Waals surface area contributed by atoms with Crippen LogP contribution in [0.2, 0.25) is 0 Å². The van der Waals surface area contributed by atoms with Crippen molar-refractivity contribution < 1.29 is 5.11 Å². The fraction of sp³-hybridized carbons (Fsp3) is 0.333. The Bertz CT molecular complexity index is 546. The topological polar surface area (TPSA) is 46.0 Å². The van der Waals surface area contributed by atoms with Gasteiger partial charge in [0.2, 0.25) is 5.88 Å². The predicted octanol–water partition coefficient (Wildman–Crippen LogP) is 3.40. The number of benzene rings is 1. The smallest absolute Gasteiger partial charge is 0.222 e. The lowest BCUT2D eigenvalue weighted by molar-refractivity contribution is 0.444. The lowest BCUT2D eigenvalue weighted by Gasteiger charge is -2.17. The number of fused-ring (bicyclic) bond motifs is 1. The molecule has 1 heterocycles. The van der Waals surface area contributed by atoms with Gasteiger partial charge in [-0.15, -0.1) is 0 Å². The van der Waals surface area contributed by atoms with Gasteiger partial charge in [-0.25, -0.2) is 4.98 Å². The van der Waals surface area contributed by atoms with E-state index >= 15 is 0 Å². The van der Waals surface area contributed by atoms with Gasteiger partial charge in [-0.05, 0) is 18.2 Å². The summed E-state index contributed by atoms with van der Waals surface area (Å²) in [5, 5.41) is 10.5. The van der Waals surface area contributed by atoms with E-state index in [1.165, 1.54) is 0 Å². The molecule has 16 heavy (non-hydrogen) atoms. The number of halogens is 1. The van der Waals surface area contributed by atoms with Crippen LogP contribution < -0.4 is 0 Å². The summed E-state index contributed by atoms with van der Waals surface area (Å²) in [4.78, 5) is 8.60. The minimum Gasteiger partial charge on any atom is -0.493 e. The number of hydrogen-bond donors (Lipinski definition) is 1. The molecule has 0 atom stereocenters. The average molecular weight is 281 g/mol. The highest BCUT2D eigenvalue weighted by molar-refractivity contribution is 9.10. The Labute approximate surface area is 103 Å². The van der Waals surface area contributed by atoms with E-state index in [2.05, 4.69) is 25.9 Å². The van der Waals surface area contributed by atoms with Crippen molar-refractivity contribution in [3.8, 4) is 5.88 Å². The first kappa shape index (κ1) is 11.3. The Kier molecular flexibility index (Phi) is 2.62. The number of aromatic nitrogens is 2. The van der Waals surface area contributed by atoms with E-state index < -0.39 is 0 Å². The molecular formula is C12H13BrN2O. The summed E-state index contributed by atoms with van der Waals surface area (Å²) < 4.78 is 0.943. The van der Waals surface area contributed by atoms with E-state index in [0.717, 1.165) is 9.99 Å². The van der Waals surface area contributed by atoms with Crippen LogP contribution in [0.4, 0.5) is 0 Å². The maximum Gasteiger partial charge on any atom is 0.222 e. The third kappa shape index (κ3) is 2.02. The summed E-state index contributed by atoms with van der Waals surface area (Å²) >= 11 is 3.39. The molecule has 2 aromatic rings. The second-order valence-corrected chi connectivity index (χ2v) is 5.70. The van der Waals surface area contributed by atoms with Crippen LogP contribution in [-0.2, 0) is 5.41 Å². The van der Waals surface area contributed by atoms with Gasteiger partial charge in [-0.3, -0.25) is 0 Å². The van der Waals surface area contributed by atoms with E-state index in [4.69, 9.17) is 0 Å². The molecule has 1 N–H and O–H groups in total. The predicted molar refractivity (Wildman–Crippen MR) is 67.6 cm³/mol. The fourth-order valence-corrected chi connectivity index (χ4v) is 1.77. The highest BCUT2D eigenvalue weighted by Gasteiger charge is 2.19. The van der Waals surface area contributed by atoms with Gasteiger partial charge in [0.1, 0.15) is 5.82 Å². The van der Waals surface area contributed by atoms with Crippen molar-refractivity contribution in [2.24, 2.45) is 0 Å². The summed E-state index contributed by atoms with van der Waals surface area (Å²) in [6.45, 7) is 6.06. The van der Waals surface area contributed by atoms with Gasteiger partial charge in [-0.2, -0.15) is 4.98 Å². The van der Waals surface area contributed by atoms with Gasteiger partial charge in [0.15, 0.2) is 0 Å². The summed E-state index contributed by atoms with van der Waals surface area (Å²) in [6, 6.07) is 5.55. The van der Waals surface area contributed by atoms with Gasteiger partial charge in [0.05, 0.1) is 10.9 Å². The lowest BCUT2D eigenvalue weighted by atomic mass is 9.95. The molecule has 4 heteroatoms. The third-order valence-corrected chi connectivity index (χ3v) is 2.80. The molecule has 0 radical (unpaired) electrons. The molecular weight excluding hydrogens is 268 g/mol. The first-order chi connectivity index (χ1) is 7.38. The van der Waals surface area contributed by atoms with Gasteiger partial charge in [0.25, 0.3) is 0 Å². The first-order valence-electron chi connectivity index (χ1n) is 5.05. The Morgan fingerprint density at radius 3 is 2.50 bits per heavy atom. The SMILES string of the molecule is CC(C)(C)c1nc(O)c2ccc(Br)cc2n1. The quantitative estimate of drug-likeness (QED) is 0.805. The Morgan fingerprint density at radius 1 is 1.19 bits per heavy atom. The van der Waals surface area contributed by atoms with Crippen molar-refractivity contribution in [1.82, 2.24) is 9.97 Å². The van der Waals surface area contributed by atoms with E-state index in [1.807, 2.05) is 32.9 Å². The van der Waals surface area contributed by atoms with Crippen LogP contribution in [0.25, 0.3) is 10.9 Å². The summed E-state index contributed by atoms with van der Waals surface area (Å²) in [6.07, 6.45) is 0. The largest absolute Gasteiger partial charge is 0.493 e. The molecule has 1 aromatic heterocycles. The molecule has 0 saturated heterocycles. The monoisotopic (exact) mass is 280 g/mol. The van der Waals surface area contributed by atoms with Crippen molar-refractivity contribution >= 4 is 26.8 Å². The molecule has 0 saturated carbocycles. The third-order valence-electron chi connectivity index (χ3n) is 2.31. The standard InChI is InChI=1S/C12H13BrN2O/c1-12(2,3)11-14-9-6-7(13)4-5-8(9)10(16)15-11/h4-6H,1-3H3,(H,14,15,16). The van der Waals surface area contributed by atoms with Crippen molar-refractivity contribution in [1.29, 1.82) is 0 Å². The molecule has 84 valence electrons. The highest BCUT2D eigenvalue weighted by atomic mass is 79.9. The van der Waals surface area contributed by atoms with E-state index in [-0.39, 0.29) is 11.3 Å². The molecule has 0 aliphatic rings. The molecule has 0 bridgehead atoms. The minimum absolute atomic E-state index is 0.0439. The van der Waals surface area contributed by atoms with E-state index in [0.29, 0.717) is 11.2 Å². The zero-order valence-electron chi connectivity index (χ0n) is 9.45. The van der Waals surface area contributed by atoms with Crippen molar-refractivity contribution in [2.45, 2.75) is 26.2 Å². The number of hydrogen-bond acceptors (Lipinski definition) is 3. The lowest BCUT2D eigenvalue weighted by Crippen LogP contribution is -2.15. The van der Waals surface area contributed by atoms with Crippen LogP contribution in [0.1, 0.15) is 26.6 Å². The Hall–Kier alpha value is -1.16. The maximum absolute atomic E-state index is 9.84. The summed E-state index contributed by atoms with van der Waals surface area (Å²) in [5.41, 5.74) is 0.584. The second kappa shape index (κ2) is 3.70. The maximum atomic E-state index is 9.84. The van der Waals surface area contributed by atoms with Crippen molar-refractivity contribution in [3.63, 3.8) is 0 Å². The van der Waals surface area contributed by atoms with E-state index in [1.54, 1.807) is 6.07 Å². The van der Waals surface area contributed by atoms with Gasteiger partial charge in [0, 0.05) is 9.89 Å². The highest BCUT2D eigenvalue weighted by Crippen LogP contribution is 2.28. The second-order valence-electron chi connectivity index (χ2n) is 4.78. The fourth-order valence-electron chi connectivity index (χ4n) is 1.42. The number of nitrogens with zero attached hydrogens (tertiary/aromatic N) is 2. The summed E-state index contributed by atoms with van der Waals surface area (Å²) in [5.74, 6) is 0.693. The normalized spacial score (nSPS) is 12.0. The van der Waals surface area contributed by atoms with Crippen molar-refractivity contribution in [2.75, 3.05) is 0 Å². The first-order valence-corrected chi connectivity index (χ1v) is 5.84. The molecule has 0 fully saturated rings. The molecule has 0 aliphatic heterocycles. The zero-order valence-corrected chi connectivity index (χ0v) is 11.0. The number of rotatable bonds is 0. The van der Waals surface area contributed by atoms with Gasteiger partial charge in [-0.1, -0.05) is 36.7 Å². The van der Waals surface area contributed by atoms with Crippen molar-refractivity contribution in [3.05, 3.63) is 28.5 Å². The molecule has 2 rings (SSSR count). The van der Waals surface area contributed by atoms with E-state index in [9.17, 15) is 5.11 Å². The van der Waals surface area contributed by atoms with Crippen LogP contribution in [0.5, 0.6) is 5.88 Å². The van der Waals surface area contributed by atoms with Crippen LogP contribution in [0.3, 0.4) is 0 Å². The minimum atomic E-state index is -0.173. The number of aromatic hydroxyl groups is 1. The van der Waals surface area contributed by atoms with Crippen LogP contribution in [0.15, 0.2) is 22.7 Å². The molecule has 0 aliphatic carbocycles. The Morgan fingerprint density at radius 2 is 1.88 bits per heavy atom. The van der Waals surface area contributed by atoms with Crippen LogP contribution in [0, 0.1) is 0 Å². The van der Waals surface area contributed by atoms with Crippen LogP contribution in [-0.4, -0.2) is 15.1 Å². The molecule has 0 amide bonds. The van der Waals surface area contributed by atoms with Crippen LogP contribution >= 0.6 is 15.9 Å². The molecule has 3 nitrogen and oxygen atoms in total.